The van der Waals surface area contributed by atoms with E-state index < -0.39 is 0 Å². The molecule has 1 nitrogen and oxygen atoms in total. The maximum Gasteiger partial charge on any atom is 0.0348 e. The molecule has 0 amide bonds. The Labute approximate surface area is 125 Å². The Morgan fingerprint density at radius 1 is 1.20 bits per heavy atom. The zero-order valence-corrected chi connectivity index (χ0v) is 13.7. The number of hydrogen-bond donors (Lipinski definition) is 1. The van der Waals surface area contributed by atoms with Gasteiger partial charge in [-0.05, 0) is 54.7 Å². The first kappa shape index (κ1) is 15.6. The molecule has 1 heteroatoms. The van der Waals surface area contributed by atoms with Crippen LogP contribution < -0.4 is 5.32 Å². The molecule has 0 radical (unpaired) electrons. The summed E-state index contributed by atoms with van der Waals surface area (Å²) in [5, 5.41) is 3.77. The maximum atomic E-state index is 3.77. The molecule has 0 aliphatic heterocycles. The Morgan fingerprint density at radius 2 is 1.95 bits per heavy atom. The van der Waals surface area contributed by atoms with Crippen LogP contribution >= 0.6 is 0 Å². The fourth-order valence-corrected chi connectivity index (χ4v) is 3.04. The molecule has 0 saturated heterocycles. The summed E-state index contributed by atoms with van der Waals surface area (Å²) in [6, 6.07) is 9.86. The molecule has 1 aromatic rings. The molecule has 0 aromatic heterocycles. The third-order valence-corrected chi connectivity index (χ3v) is 5.04. The average molecular weight is 273 g/mol. The van der Waals surface area contributed by atoms with Crippen LogP contribution in [-0.2, 0) is 0 Å². The van der Waals surface area contributed by atoms with Gasteiger partial charge in [-0.3, -0.25) is 0 Å². The second-order valence-electron chi connectivity index (χ2n) is 6.83. The molecule has 1 fully saturated rings. The molecule has 1 aliphatic carbocycles. The van der Waals surface area contributed by atoms with Crippen LogP contribution in [0, 0.1) is 11.8 Å². The summed E-state index contributed by atoms with van der Waals surface area (Å²) in [5.74, 6) is 2.20. The van der Waals surface area contributed by atoms with Crippen LogP contribution in [0.25, 0.3) is 0 Å². The highest BCUT2D eigenvalue weighted by molar-refractivity contribution is 5.30. The smallest absolute Gasteiger partial charge is 0.0348 e. The number of nitrogens with one attached hydrogen (secondary N) is 1. The highest BCUT2D eigenvalue weighted by Crippen LogP contribution is 2.38. The lowest BCUT2D eigenvalue weighted by Crippen LogP contribution is -2.30. The molecule has 1 N–H and O–H groups in total. The van der Waals surface area contributed by atoms with E-state index in [0.717, 1.165) is 12.5 Å². The second-order valence-corrected chi connectivity index (χ2v) is 6.83. The van der Waals surface area contributed by atoms with Gasteiger partial charge in [-0.15, -0.1) is 0 Å². The van der Waals surface area contributed by atoms with Crippen LogP contribution in [0.2, 0.25) is 0 Å². The molecule has 2 atom stereocenters. The van der Waals surface area contributed by atoms with E-state index in [9.17, 15) is 0 Å². The molecular weight excluding hydrogens is 242 g/mol. The van der Waals surface area contributed by atoms with Crippen molar-refractivity contribution in [2.24, 2.45) is 11.8 Å². The topological polar surface area (TPSA) is 12.0 Å². The van der Waals surface area contributed by atoms with Crippen molar-refractivity contribution in [3.05, 3.63) is 35.4 Å². The van der Waals surface area contributed by atoms with Crippen molar-refractivity contribution in [2.45, 2.75) is 65.3 Å². The first-order valence-corrected chi connectivity index (χ1v) is 8.46. The largest absolute Gasteiger partial charge is 0.310 e. The minimum atomic E-state index is 0.495. The first-order valence-electron chi connectivity index (χ1n) is 8.46. The van der Waals surface area contributed by atoms with Gasteiger partial charge in [0.05, 0.1) is 0 Å². The van der Waals surface area contributed by atoms with Crippen molar-refractivity contribution in [1.29, 1.82) is 0 Å². The molecule has 0 bridgehead atoms. The highest BCUT2D eigenvalue weighted by Gasteiger charge is 2.24. The zero-order chi connectivity index (χ0) is 14.5. The van der Waals surface area contributed by atoms with Crippen LogP contribution in [0.15, 0.2) is 24.3 Å². The fraction of sp³-hybridized carbons (Fsp3) is 0.684. The standard InChI is InChI=1S/C19H31N/c1-5-12-20-19(15(4)14(2)3)18-11-7-10-17(13-18)16-8-6-9-16/h7,10-11,13-16,19-20H,5-6,8-9,12H2,1-4H3. The van der Waals surface area contributed by atoms with Gasteiger partial charge >= 0.3 is 0 Å². The summed E-state index contributed by atoms with van der Waals surface area (Å²) >= 11 is 0. The van der Waals surface area contributed by atoms with Crippen molar-refractivity contribution in [3.8, 4) is 0 Å². The molecule has 1 aliphatic rings. The van der Waals surface area contributed by atoms with Crippen LogP contribution in [0.3, 0.4) is 0 Å². The Kier molecular flexibility index (Phi) is 5.65. The second kappa shape index (κ2) is 7.26. The summed E-state index contributed by atoms with van der Waals surface area (Å²) in [6.45, 7) is 10.4. The Morgan fingerprint density at radius 3 is 2.50 bits per heavy atom. The SMILES string of the molecule is CCCNC(c1cccc(C2CCC2)c1)C(C)C(C)C. The van der Waals surface area contributed by atoms with E-state index in [4.69, 9.17) is 0 Å². The van der Waals surface area contributed by atoms with Gasteiger partial charge in [-0.1, -0.05) is 58.4 Å². The third kappa shape index (κ3) is 3.63. The molecule has 0 heterocycles. The normalized spacial score (nSPS) is 18.9. The predicted molar refractivity (Wildman–Crippen MR) is 88.1 cm³/mol. The quantitative estimate of drug-likeness (QED) is 0.712. The molecule has 1 saturated carbocycles. The summed E-state index contributed by atoms with van der Waals surface area (Å²) in [6.07, 6.45) is 5.38. The molecule has 2 unspecified atom stereocenters. The van der Waals surface area contributed by atoms with E-state index in [-0.39, 0.29) is 0 Å². The van der Waals surface area contributed by atoms with E-state index in [2.05, 4.69) is 57.3 Å². The van der Waals surface area contributed by atoms with Gasteiger partial charge in [-0.25, -0.2) is 0 Å². The Hall–Kier alpha value is -0.820. The first-order chi connectivity index (χ1) is 9.63. The lowest BCUT2D eigenvalue weighted by Gasteiger charge is -2.31. The van der Waals surface area contributed by atoms with Gasteiger partial charge in [0.25, 0.3) is 0 Å². The lowest BCUT2D eigenvalue weighted by atomic mass is 9.78. The van der Waals surface area contributed by atoms with Gasteiger partial charge < -0.3 is 5.32 Å². The summed E-state index contributed by atoms with van der Waals surface area (Å²) in [7, 11) is 0. The van der Waals surface area contributed by atoms with Gasteiger partial charge in [0, 0.05) is 6.04 Å². The van der Waals surface area contributed by atoms with E-state index in [1.54, 1.807) is 5.56 Å². The molecular formula is C19H31N. The van der Waals surface area contributed by atoms with E-state index >= 15 is 0 Å². The van der Waals surface area contributed by atoms with Crippen LogP contribution in [-0.4, -0.2) is 6.54 Å². The number of benzene rings is 1. The molecule has 2 rings (SSSR count). The van der Waals surface area contributed by atoms with E-state index in [0.29, 0.717) is 17.9 Å². The number of rotatable bonds is 7. The van der Waals surface area contributed by atoms with Crippen molar-refractivity contribution >= 4 is 0 Å². The monoisotopic (exact) mass is 273 g/mol. The molecule has 1 aromatic carbocycles. The van der Waals surface area contributed by atoms with Gasteiger partial charge in [0.15, 0.2) is 0 Å². The minimum Gasteiger partial charge on any atom is -0.310 e. The Bertz CT molecular complexity index is 406. The predicted octanol–water partition coefficient (Wildman–Crippen LogP) is 5.29. The van der Waals surface area contributed by atoms with E-state index in [1.807, 2.05) is 0 Å². The Balaban J connectivity index is 2.18. The van der Waals surface area contributed by atoms with Gasteiger partial charge in [-0.2, -0.15) is 0 Å². The van der Waals surface area contributed by atoms with Gasteiger partial charge in [0.1, 0.15) is 0 Å². The fourth-order valence-electron chi connectivity index (χ4n) is 3.04. The van der Waals surface area contributed by atoms with Crippen molar-refractivity contribution < 1.29 is 0 Å². The van der Waals surface area contributed by atoms with Crippen LogP contribution in [0.1, 0.15) is 76.5 Å². The van der Waals surface area contributed by atoms with Crippen molar-refractivity contribution in [1.82, 2.24) is 5.32 Å². The zero-order valence-electron chi connectivity index (χ0n) is 13.7. The summed E-state index contributed by atoms with van der Waals surface area (Å²) in [4.78, 5) is 0. The summed E-state index contributed by atoms with van der Waals surface area (Å²) < 4.78 is 0. The maximum absolute atomic E-state index is 3.77. The highest BCUT2D eigenvalue weighted by atomic mass is 14.9. The van der Waals surface area contributed by atoms with Crippen LogP contribution in [0.4, 0.5) is 0 Å². The molecule has 0 spiro atoms. The average Bonchev–Trinajstić information content (AvgIpc) is 2.37. The summed E-state index contributed by atoms with van der Waals surface area (Å²) in [5.41, 5.74) is 3.05. The van der Waals surface area contributed by atoms with Crippen molar-refractivity contribution in [2.75, 3.05) is 6.54 Å². The van der Waals surface area contributed by atoms with Gasteiger partial charge in [0.2, 0.25) is 0 Å². The van der Waals surface area contributed by atoms with E-state index in [1.165, 1.54) is 31.2 Å². The molecule has 20 heavy (non-hydrogen) atoms. The minimum absolute atomic E-state index is 0.495. The van der Waals surface area contributed by atoms with Crippen LogP contribution in [0.5, 0.6) is 0 Å². The third-order valence-electron chi connectivity index (χ3n) is 5.04. The molecule has 112 valence electrons. The number of hydrogen-bond acceptors (Lipinski definition) is 1. The van der Waals surface area contributed by atoms with Crippen molar-refractivity contribution in [3.63, 3.8) is 0 Å². The lowest BCUT2D eigenvalue weighted by molar-refractivity contribution is 0.303.